The van der Waals surface area contributed by atoms with Crippen molar-refractivity contribution in [3.05, 3.63) is 60.2 Å². The largest absolute Gasteiger partial charge is 0.387 e. The van der Waals surface area contributed by atoms with Gasteiger partial charge in [0.1, 0.15) is 18.7 Å². The lowest BCUT2D eigenvalue weighted by atomic mass is 10.0. The van der Waals surface area contributed by atoms with Gasteiger partial charge in [-0.3, -0.25) is 33.7 Å². The fourth-order valence-electron chi connectivity index (χ4n) is 6.63. The average molecular weight is 1040 g/mol. The standard InChI is InChI=1S/C50H74N8O16/c1-2-11-58(50(63)42-33-41-6-5-40(43-36-52-39-53-37-43)34-44(41)56-45(51)35-42)74-12-3-4-46(59)54-9-13-64-15-17-66-19-21-68-23-25-70-27-29-72-31-32-73-30-28-71-26-24-69-22-20-67-18-16-65-14-10-55-47(60)38-57-48(61)7-8-49(57)62/h5-8,33-34,36-37,39H,2-4,9-32,35,38H2,1H3,(H2,51,56)(H,54,59)(H,55,60). The normalized spacial score (nSPS) is 13.2. The molecule has 0 aliphatic carbocycles. The van der Waals surface area contributed by atoms with Gasteiger partial charge in [0, 0.05) is 73.7 Å². The Balaban J connectivity index is 0.825. The number of imide groups is 1. The van der Waals surface area contributed by atoms with Gasteiger partial charge in [0.05, 0.1) is 144 Å². The van der Waals surface area contributed by atoms with Crippen LogP contribution < -0.4 is 16.4 Å². The topological polar surface area (TPSA) is 282 Å². The molecule has 410 valence electrons. The first-order valence-corrected chi connectivity index (χ1v) is 25.0. The summed E-state index contributed by atoms with van der Waals surface area (Å²) in [5.74, 6) is -1.55. The Morgan fingerprint density at radius 1 is 0.622 bits per heavy atom. The van der Waals surface area contributed by atoms with Gasteiger partial charge in [-0.1, -0.05) is 19.1 Å². The summed E-state index contributed by atoms with van der Waals surface area (Å²) < 4.78 is 54.9. The minimum atomic E-state index is -0.499. The SMILES string of the molecule is CCCN(OCCCC(=O)NCCOCCOCCOCCOCCOCCOCCOCCOCCOCCOCCNC(=O)CN1C(=O)C=CC1=O)C(=O)C1=Cc2ccc(-c3cncnc3)cc2N=C(N)C1. The van der Waals surface area contributed by atoms with Crippen LogP contribution in [-0.4, -0.2) is 220 Å². The van der Waals surface area contributed by atoms with Crippen molar-refractivity contribution in [1.29, 1.82) is 0 Å². The lowest BCUT2D eigenvalue weighted by Crippen LogP contribution is -2.41. The number of hydrogen-bond donors (Lipinski definition) is 3. The number of hydroxylamine groups is 2. The summed E-state index contributed by atoms with van der Waals surface area (Å²) in [6.45, 7) is 11.1. The number of amidine groups is 1. The molecule has 24 heteroatoms. The van der Waals surface area contributed by atoms with Gasteiger partial charge in [0.25, 0.3) is 17.7 Å². The zero-order valence-corrected chi connectivity index (χ0v) is 42.5. The Labute approximate surface area is 432 Å². The highest BCUT2D eigenvalue weighted by Gasteiger charge is 2.26. The van der Waals surface area contributed by atoms with E-state index < -0.39 is 17.7 Å². The van der Waals surface area contributed by atoms with Crippen LogP contribution in [-0.2, 0) is 76.2 Å². The summed E-state index contributed by atoms with van der Waals surface area (Å²) in [7, 11) is 0. The van der Waals surface area contributed by atoms with Crippen molar-refractivity contribution in [3.63, 3.8) is 0 Å². The number of ether oxygens (including phenoxy) is 10. The maximum Gasteiger partial charge on any atom is 0.273 e. The zero-order chi connectivity index (χ0) is 52.7. The number of nitrogens with two attached hydrogens (primary N) is 1. The van der Waals surface area contributed by atoms with Crippen molar-refractivity contribution < 1.29 is 76.2 Å². The number of nitrogens with one attached hydrogen (secondary N) is 2. The first kappa shape index (κ1) is 60.9. The molecule has 4 rings (SSSR count). The summed E-state index contributed by atoms with van der Waals surface area (Å²) in [5, 5.41) is 6.76. The molecule has 0 saturated carbocycles. The van der Waals surface area contributed by atoms with Gasteiger partial charge >= 0.3 is 0 Å². The third-order valence-electron chi connectivity index (χ3n) is 10.3. The van der Waals surface area contributed by atoms with E-state index in [9.17, 15) is 24.0 Å². The van der Waals surface area contributed by atoms with Crippen LogP contribution in [0.15, 0.2) is 59.6 Å². The molecule has 74 heavy (non-hydrogen) atoms. The number of aromatic nitrogens is 2. The fourth-order valence-corrected chi connectivity index (χ4v) is 6.63. The predicted molar refractivity (Wildman–Crippen MR) is 269 cm³/mol. The number of benzene rings is 1. The van der Waals surface area contributed by atoms with Crippen LogP contribution in [0.3, 0.4) is 0 Å². The maximum atomic E-state index is 13.6. The number of rotatable bonds is 44. The third kappa shape index (κ3) is 26.5. The van der Waals surface area contributed by atoms with Crippen molar-refractivity contribution in [2.45, 2.75) is 32.6 Å². The minimum absolute atomic E-state index is 0.134. The highest BCUT2D eigenvalue weighted by atomic mass is 16.7. The minimum Gasteiger partial charge on any atom is -0.387 e. The zero-order valence-electron chi connectivity index (χ0n) is 42.5. The van der Waals surface area contributed by atoms with Crippen LogP contribution in [0.2, 0.25) is 0 Å². The Morgan fingerprint density at radius 2 is 1.08 bits per heavy atom. The Kier molecular flexibility index (Phi) is 32.0. The van der Waals surface area contributed by atoms with E-state index in [1.165, 1.54) is 11.4 Å². The van der Waals surface area contributed by atoms with Gasteiger partial charge in [0.15, 0.2) is 0 Å². The van der Waals surface area contributed by atoms with Crippen molar-refractivity contribution in [2.24, 2.45) is 10.7 Å². The summed E-state index contributed by atoms with van der Waals surface area (Å²) in [4.78, 5) is 80.1. The van der Waals surface area contributed by atoms with E-state index in [4.69, 9.17) is 57.9 Å². The molecule has 0 saturated heterocycles. The molecule has 2 aliphatic rings. The fraction of sp³-hybridized carbons (Fsp3) is 0.600. The number of hydrogen-bond acceptors (Lipinski definition) is 20. The van der Waals surface area contributed by atoms with Gasteiger partial charge in [-0.25, -0.2) is 20.0 Å². The molecule has 0 atom stereocenters. The molecule has 0 spiro atoms. The van der Waals surface area contributed by atoms with Crippen molar-refractivity contribution >= 4 is 47.1 Å². The lowest BCUT2D eigenvalue weighted by Gasteiger charge is -2.22. The van der Waals surface area contributed by atoms with Gasteiger partial charge < -0.3 is 63.7 Å². The van der Waals surface area contributed by atoms with Crippen LogP contribution in [0, 0.1) is 0 Å². The molecule has 0 unspecified atom stereocenters. The maximum absolute atomic E-state index is 13.6. The molecule has 1 aromatic carbocycles. The van der Waals surface area contributed by atoms with Crippen molar-refractivity contribution in [1.82, 2.24) is 30.6 Å². The van der Waals surface area contributed by atoms with Crippen LogP contribution in [0.25, 0.3) is 17.2 Å². The van der Waals surface area contributed by atoms with E-state index in [2.05, 4.69) is 25.6 Å². The highest BCUT2D eigenvalue weighted by Crippen LogP contribution is 2.31. The number of carbonyl (C=O) groups is 5. The second-order valence-electron chi connectivity index (χ2n) is 16.1. The summed E-state index contributed by atoms with van der Waals surface area (Å²) in [6, 6.07) is 5.72. The molecule has 0 bridgehead atoms. The molecular formula is C50H74N8O16. The van der Waals surface area contributed by atoms with E-state index in [1.54, 1.807) is 18.5 Å². The molecule has 3 heterocycles. The third-order valence-corrected chi connectivity index (χ3v) is 10.3. The monoisotopic (exact) mass is 1040 g/mol. The molecule has 2 aliphatic heterocycles. The number of carbonyl (C=O) groups excluding carboxylic acids is 5. The van der Waals surface area contributed by atoms with Crippen LogP contribution in [0.5, 0.6) is 0 Å². The van der Waals surface area contributed by atoms with E-state index in [1.807, 2.05) is 25.1 Å². The second kappa shape index (κ2) is 38.9. The molecule has 2 aromatic rings. The first-order valence-electron chi connectivity index (χ1n) is 25.0. The van der Waals surface area contributed by atoms with Crippen molar-refractivity contribution in [3.8, 4) is 11.1 Å². The summed E-state index contributed by atoms with van der Waals surface area (Å²) in [6.07, 6.45) is 10.5. The Hall–Kier alpha value is -5.64. The molecule has 1 aromatic heterocycles. The van der Waals surface area contributed by atoms with Crippen LogP contribution in [0.4, 0.5) is 5.69 Å². The van der Waals surface area contributed by atoms with E-state index in [-0.39, 0.29) is 51.0 Å². The first-order chi connectivity index (χ1) is 36.2. The molecule has 24 nitrogen and oxygen atoms in total. The Morgan fingerprint density at radius 3 is 1.55 bits per heavy atom. The predicted octanol–water partition coefficient (Wildman–Crippen LogP) is 1.19. The van der Waals surface area contributed by atoms with Crippen LogP contribution in [0.1, 0.15) is 38.2 Å². The van der Waals surface area contributed by atoms with Gasteiger partial charge in [-0.15, -0.1) is 0 Å². The molecule has 0 fully saturated rings. The number of fused-ring (bicyclic) bond motifs is 1. The van der Waals surface area contributed by atoms with E-state index >= 15 is 0 Å². The summed E-state index contributed by atoms with van der Waals surface area (Å²) >= 11 is 0. The van der Waals surface area contributed by atoms with Gasteiger partial charge in [-0.05, 0) is 30.5 Å². The van der Waals surface area contributed by atoms with Crippen LogP contribution >= 0.6 is 0 Å². The van der Waals surface area contributed by atoms with Gasteiger partial charge in [0.2, 0.25) is 11.8 Å². The molecule has 4 N–H and O–H groups in total. The smallest absolute Gasteiger partial charge is 0.273 e. The lowest BCUT2D eigenvalue weighted by molar-refractivity contribution is -0.182. The molecule has 5 amide bonds. The Bertz CT molecular complexity index is 2030. The summed E-state index contributed by atoms with van der Waals surface area (Å²) in [5.41, 5.74) is 9.85. The van der Waals surface area contributed by atoms with Gasteiger partial charge in [-0.2, -0.15) is 0 Å². The number of nitrogens with zero attached hydrogens (tertiary/aromatic N) is 5. The average Bonchev–Trinajstić information content (AvgIpc) is 3.60. The molecular weight excluding hydrogens is 969 g/mol. The number of aliphatic imine (C=N–C) groups is 1. The quantitative estimate of drug-likeness (QED) is 0.0477. The van der Waals surface area contributed by atoms with Crippen molar-refractivity contribution in [2.75, 3.05) is 165 Å². The van der Waals surface area contributed by atoms with E-state index in [0.29, 0.717) is 169 Å². The number of amides is 5. The molecule has 0 radical (unpaired) electrons. The van der Waals surface area contributed by atoms with E-state index in [0.717, 1.165) is 33.7 Å². The second-order valence-corrected chi connectivity index (χ2v) is 16.1. The highest BCUT2D eigenvalue weighted by molar-refractivity contribution is 6.14.